The molecule has 1 aliphatic heterocycles. The zero-order valence-corrected chi connectivity index (χ0v) is 19.3. The molecule has 1 fully saturated rings. The van der Waals surface area contributed by atoms with Crippen LogP contribution < -0.4 is 5.32 Å². The van der Waals surface area contributed by atoms with Crippen molar-refractivity contribution in [3.8, 4) is 11.8 Å². The first-order valence-corrected chi connectivity index (χ1v) is 11.1. The predicted molar refractivity (Wildman–Crippen MR) is 123 cm³/mol. The van der Waals surface area contributed by atoms with Crippen LogP contribution in [0.5, 0.6) is 0 Å². The van der Waals surface area contributed by atoms with Crippen LogP contribution in [-0.4, -0.2) is 50.7 Å². The Bertz CT molecular complexity index is 1340. The van der Waals surface area contributed by atoms with Crippen molar-refractivity contribution in [2.45, 2.75) is 25.1 Å². The number of rotatable bonds is 3. The van der Waals surface area contributed by atoms with Crippen LogP contribution in [0.1, 0.15) is 40.5 Å². The first kappa shape index (κ1) is 25.2. The minimum atomic E-state index is -4.95. The monoisotopic (exact) mass is 519 g/mol. The molecule has 0 aliphatic carbocycles. The second-order valence-electron chi connectivity index (χ2n) is 7.93. The summed E-state index contributed by atoms with van der Waals surface area (Å²) in [6, 6.07) is 9.74. The van der Waals surface area contributed by atoms with E-state index in [0.29, 0.717) is 10.5 Å². The molecular weight excluding hydrogens is 502 g/mol. The summed E-state index contributed by atoms with van der Waals surface area (Å²) in [6.07, 6.45) is -2.17. The van der Waals surface area contributed by atoms with E-state index in [9.17, 15) is 27.2 Å². The molecule has 0 bridgehead atoms. The maximum Gasteiger partial charge on any atom is 0.471 e. The normalized spacial score (nSPS) is 14.2. The molecule has 1 aromatic carbocycles. The molecule has 4 rings (SSSR count). The molecule has 3 aromatic rings. The minimum absolute atomic E-state index is 0.0212. The van der Waals surface area contributed by atoms with Crippen LogP contribution in [-0.2, 0) is 4.79 Å². The van der Waals surface area contributed by atoms with Gasteiger partial charge in [-0.05, 0) is 31.0 Å². The molecule has 1 aliphatic rings. The smallest absolute Gasteiger partial charge is 0.335 e. The summed E-state index contributed by atoms with van der Waals surface area (Å²) < 4.78 is 54.0. The zero-order valence-electron chi connectivity index (χ0n) is 18.5. The Morgan fingerprint density at radius 3 is 2.36 bits per heavy atom. The number of nitrogens with zero attached hydrogens (tertiary/aromatic N) is 4. The SMILES string of the molecule is O=C(Nc1ncc(C#Cc2ccccc2)cc1F)c1c(Cl)cnn1C1CCN(C(=O)C(F)(F)F)CC1. The van der Waals surface area contributed by atoms with E-state index in [1.165, 1.54) is 17.1 Å². The third-order valence-corrected chi connectivity index (χ3v) is 5.78. The number of amides is 2. The quantitative estimate of drug-likeness (QED) is 0.410. The van der Waals surface area contributed by atoms with Crippen LogP contribution in [0.25, 0.3) is 0 Å². The Labute approximate surface area is 208 Å². The fraction of sp³-hybridized carbons (Fsp3) is 0.250. The summed E-state index contributed by atoms with van der Waals surface area (Å²) in [5, 5.41) is 6.40. The number of benzene rings is 1. The van der Waals surface area contributed by atoms with Gasteiger partial charge in [-0.25, -0.2) is 9.37 Å². The van der Waals surface area contributed by atoms with Gasteiger partial charge in [0.25, 0.3) is 5.91 Å². The molecule has 186 valence electrons. The molecule has 2 aromatic heterocycles. The second kappa shape index (κ2) is 10.4. The Morgan fingerprint density at radius 2 is 1.72 bits per heavy atom. The maximum atomic E-state index is 14.6. The average molecular weight is 520 g/mol. The van der Waals surface area contributed by atoms with Crippen LogP contribution >= 0.6 is 11.6 Å². The van der Waals surface area contributed by atoms with Crippen molar-refractivity contribution in [2.75, 3.05) is 18.4 Å². The van der Waals surface area contributed by atoms with Crippen LogP contribution in [0, 0.1) is 17.7 Å². The van der Waals surface area contributed by atoms with Crippen LogP contribution in [0.4, 0.5) is 23.4 Å². The summed E-state index contributed by atoms with van der Waals surface area (Å²) in [7, 11) is 0. The number of alkyl halides is 3. The van der Waals surface area contributed by atoms with E-state index in [0.717, 1.165) is 11.6 Å². The lowest BCUT2D eigenvalue weighted by Crippen LogP contribution is -2.45. The standard InChI is InChI=1S/C24H18ClF4N5O2/c25-18-14-31-34(17-8-10-33(11-9-17)23(36)24(27,28)29)20(18)22(35)32-21-19(26)12-16(13-30-21)7-6-15-4-2-1-3-5-15/h1-5,12-14,17H,8-11H2,(H,30,32,35). The fourth-order valence-electron chi connectivity index (χ4n) is 3.75. The Morgan fingerprint density at radius 1 is 1.06 bits per heavy atom. The molecule has 3 heterocycles. The molecular formula is C24H18ClF4N5O2. The molecule has 7 nitrogen and oxygen atoms in total. The van der Waals surface area contributed by atoms with Gasteiger partial charge in [-0.2, -0.15) is 18.3 Å². The summed E-state index contributed by atoms with van der Waals surface area (Å²) in [4.78, 5) is 29.0. The average Bonchev–Trinajstić information content (AvgIpc) is 3.25. The number of pyridine rings is 1. The number of halogens is 5. The first-order valence-electron chi connectivity index (χ1n) is 10.8. The van der Waals surface area contributed by atoms with Crippen molar-refractivity contribution in [3.05, 3.63) is 76.5 Å². The van der Waals surface area contributed by atoms with Gasteiger partial charge in [0.2, 0.25) is 0 Å². The number of aromatic nitrogens is 3. The number of anilines is 1. The highest BCUT2D eigenvalue weighted by molar-refractivity contribution is 6.34. The number of piperidine rings is 1. The molecule has 0 unspecified atom stereocenters. The van der Waals surface area contributed by atoms with Crippen LogP contribution in [0.15, 0.2) is 48.8 Å². The van der Waals surface area contributed by atoms with Crippen molar-refractivity contribution in [3.63, 3.8) is 0 Å². The van der Waals surface area contributed by atoms with Gasteiger partial charge in [-0.15, -0.1) is 0 Å². The van der Waals surface area contributed by atoms with Gasteiger partial charge in [0, 0.05) is 30.4 Å². The lowest BCUT2D eigenvalue weighted by Gasteiger charge is -2.33. The minimum Gasteiger partial charge on any atom is -0.335 e. The molecule has 1 saturated heterocycles. The van der Waals surface area contributed by atoms with Crippen molar-refractivity contribution in [1.29, 1.82) is 0 Å². The van der Waals surface area contributed by atoms with E-state index in [-0.39, 0.29) is 42.5 Å². The highest BCUT2D eigenvalue weighted by Gasteiger charge is 2.43. The largest absolute Gasteiger partial charge is 0.471 e. The highest BCUT2D eigenvalue weighted by atomic mass is 35.5. The zero-order chi connectivity index (χ0) is 25.9. The molecule has 1 N–H and O–H groups in total. The van der Waals surface area contributed by atoms with E-state index in [1.807, 2.05) is 18.2 Å². The van der Waals surface area contributed by atoms with Crippen LogP contribution in [0.2, 0.25) is 5.02 Å². The van der Waals surface area contributed by atoms with Gasteiger partial charge in [-0.3, -0.25) is 14.3 Å². The van der Waals surface area contributed by atoms with E-state index < -0.39 is 29.8 Å². The first-order chi connectivity index (χ1) is 17.1. The number of carbonyl (C=O) groups excluding carboxylic acids is 2. The summed E-state index contributed by atoms with van der Waals surface area (Å²) >= 11 is 6.14. The molecule has 0 radical (unpaired) electrons. The van der Waals surface area contributed by atoms with E-state index >= 15 is 0 Å². The van der Waals surface area contributed by atoms with E-state index in [2.05, 4.69) is 27.2 Å². The van der Waals surface area contributed by atoms with Crippen molar-refractivity contribution in [1.82, 2.24) is 19.7 Å². The van der Waals surface area contributed by atoms with Gasteiger partial charge in [0.1, 0.15) is 5.69 Å². The number of carbonyl (C=O) groups is 2. The Kier molecular flexibility index (Phi) is 7.26. The molecule has 0 spiro atoms. The van der Waals surface area contributed by atoms with Gasteiger partial charge in [-0.1, -0.05) is 41.6 Å². The number of hydrogen-bond acceptors (Lipinski definition) is 4. The summed E-state index contributed by atoms with van der Waals surface area (Å²) in [5.41, 5.74) is 0.954. The summed E-state index contributed by atoms with van der Waals surface area (Å²) in [6.45, 7) is -0.327. The van der Waals surface area contributed by atoms with Crippen molar-refractivity contribution < 1.29 is 27.2 Å². The van der Waals surface area contributed by atoms with Gasteiger partial charge in [0.15, 0.2) is 11.6 Å². The summed E-state index contributed by atoms with van der Waals surface area (Å²) in [5.74, 6) is 1.81. The third kappa shape index (κ3) is 5.66. The molecule has 12 heteroatoms. The highest BCUT2D eigenvalue weighted by Crippen LogP contribution is 2.29. The molecule has 2 amide bonds. The molecule has 0 atom stereocenters. The van der Waals surface area contributed by atoms with Crippen molar-refractivity contribution >= 4 is 29.2 Å². The lowest BCUT2D eigenvalue weighted by atomic mass is 10.0. The number of hydrogen-bond donors (Lipinski definition) is 1. The van der Waals surface area contributed by atoms with Gasteiger partial charge < -0.3 is 10.2 Å². The van der Waals surface area contributed by atoms with E-state index in [4.69, 9.17) is 11.6 Å². The lowest BCUT2D eigenvalue weighted by molar-refractivity contribution is -0.186. The second-order valence-corrected chi connectivity index (χ2v) is 8.34. The number of likely N-dealkylation sites (tertiary alicyclic amines) is 1. The Hall–Kier alpha value is -3.91. The molecule has 36 heavy (non-hydrogen) atoms. The Balaban J connectivity index is 1.46. The van der Waals surface area contributed by atoms with Crippen LogP contribution in [0.3, 0.4) is 0 Å². The van der Waals surface area contributed by atoms with Gasteiger partial charge >= 0.3 is 12.1 Å². The fourth-order valence-corrected chi connectivity index (χ4v) is 3.97. The van der Waals surface area contributed by atoms with Gasteiger partial charge in [0.05, 0.1) is 17.3 Å². The predicted octanol–water partition coefficient (Wildman–Crippen LogP) is 4.45. The molecule has 0 saturated carbocycles. The number of nitrogens with one attached hydrogen (secondary N) is 1. The third-order valence-electron chi connectivity index (χ3n) is 5.50. The van der Waals surface area contributed by atoms with Crippen molar-refractivity contribution in [2.24, 2.45) is 0 Å². The topological polar surface area (TPSA) is 80.1 Å². The maximum absolute atomic E-state index is 14.6. The van der Waals surface area contributed by atoms with E-state index in [1.54, 1.807) is 12.1 Å².